The number of carbonyl (C=O) groups excluding carboxylic acids is 1. The molecule has 1 aliphatic heterocycles. The summed E-state index contributed by atoms with van der Waals surface area (Å²) in [6, 6.07) is -0.113. The molecule has 1 atom stereocenters. The minimum atomic E-state index is -2.92. The molecule has 1 unspecified atom stereocenters. The first-order valence-electron chi connectivity index (χ1n) is 5.51. The molecule has 1 N–H and O–H groups in total. The molecule has 0 aromatic heterocycles. The molecule has 0 spiro atoms. The molecule has 94 valence electrons. The topological polar surface area (TPSA) is 66.5 Å². The van der Waals surface area contributed by atoms with E-state index in [0.717, 1.165) is 0 Å². The zero-order chi connectivity index (χ0) is 12.3. The summed E-state index contributed by atoms with van der Waals surface area (Å²) in [5, 5.41) is 3.13. The first-order chi connectivity index (χ1) is 7.31. The molecular weight excluding hydrogens is 228 g/mol. The minimum Gasteiger partial charge on any atom is -0.329 e. The fraction of sp³-hybridized carbons (Fsp3) is 0.900. The largest absolute Gasteiger partial charge is 0.329 e. The number of nitrogens with one attached hydrogen (secondary N) is 1. The number of sulfone groups is 1. The SMILES string of the molecule is CC(C)C1NCN(CCCS(C)(=O)=O)C1=O. The van der Waals surface area contributed by atoms with Gasteiger partial charge >= 0.3 is 0 Å². The van der Waals surface area contributed by atoms with E-state index in [9.17, 15) is 13.2 Å². The Hall–Kier alpha value is -0.620. The second-order valence-electron chi connectivity index (χ2n) is 4.67. The Morgan fingerprint density at radius 3 is 2.56 bits per heavy atom. The molecular formula is C10H20N2O3S. The quantitative estimate of drug-likeness (QED) is 0.734. The molecule has 0 aromatic carbocycles. The van der Waals surface area contributed by atoms with Crippen molar-refractivity contribution in [3.63, 3.8) is 0 Å². The van der Waals surface area contributed by atoms with Gasteiger partial charge in [0.25, 0.3) is 0 Å². The summed E-state index contributed by atoms with van der Waals surface area (Å²) in [6.45, 7) is 5.04. The fourth-order valence-electron chi connectivity index (χ4n) is 1.80. The Morgan fingerprint density at radius 1 is 1.50 bits per heavy atom. The summed E-state index contributed by atoms with van der Waals surface area (Å²) >= 11 is 0. The van der Waals surface area contributed by atoms with Crippen LogP contribution in [0.5, 0.6) is 0 Å². The number of carbonyl (C=O) groups is 1. The Balaban J connectivity index is 2.38. The van der Waals surface area contributed by atoms with Gasteiger partial charge in [0.1, 0.15) is 9.84 Å². The average Bonchev–Trinajstić information content (AvgIpc) is 2.46. The number of rotatable bonds is 5. The molecule has 0 aromatic rings. The lowest BCUT2D eigenvalue weighted by atomic mass is 10.1. The molecule has 1 heterocycles. The molecule has 0 bridgehead atoms. The van der Waals surface area contributed by atoms with Crippen molar-refractivity contribution >= 4 is 15.7 Å². The lowest BCUT2D eigenvalue weighted by Gasteiger charge is -2.16. The van der Waals surface area contributed by atoms with Crippen LogP contribution in [0.1, 0.15) is 20.3 Å². The van der Waals surface area contributed by atoms with E-state index in [4.69, 9.17) is 0 Å². The van der Waals surface area contributed by atoms with Crippen LogP contribution in [0.4, 0.5) is 0 Å². The molecule has 1 saturated heterocycles. The molecule has 1 aliphatic rings. The maximum Gasteiger partial charge on any atom is 0.241 e. The highest BCUT2D eigenvalue weighted by molar-refractivity contribution is 7.90. The second-order valence-corrected chi connectivity index (χ2v) is 6.93. The fourth-order valence-corrected chi connectivity index (χ4v) is 2.45. The highest BCUT2D eigenvalue weighted by Crippen LogP contribution is 2.12. The van der Waals surface area contributed by atoms with E-state index >= 15 is 0 Å². The Kier molecular flexibility index (Phi) is 4.32. The lowest BCUT2D eigenvalue weighted by Crippen LogP contribution is -2.35. The first-order valence-corrected chi connectivity index (χ1v) is 7.57. The van der Waals surface area contributed by atoms with Crippen molar-refractivity contribution in [2.75, 3.05) is 25.2 Å². The van der Waals surface area contributed by atoms with Crippen molar-refractivity contribution in [3.05, 3.63) is 0 Å². The Morgan fingerprint density at radius 2 is 2.12 bits per heavy atom. The molecule has 1 fully saturated rings. The maximum absolute atomic E-state index is 11.8. The van der Waals surface area contributed by atoms with E-state index in [1.807, 2.05) is 13.8 Å². The van der Waals surface area contributed by atoms with Crippen molar-refractivity contribution < 1.29 is 13.2 Å². The summed E-state index contributed by atoms with van der Waals surface area (Å²) in [5.41, 5.74) is 0. The molecule has 1 amide bonds. The van der Waals surface area contributed by atoms with Crippen LogP contribution in [0.3, 0.4) is 0 Å². The van der Waals surface area contributed by atoms with Gasteiger partial charge in [0, 0.05) is 12.8 Å². The van der Waals surface area contributed by atoms with Crippen LogP contribution in [0.25, 0.3) is 0 Å². The van der Waals surface area contributed by atoms with Crippen LogP contribution >= 0.6 is 0 Å². The van der Waals surface area contributed by atoms with Crippen LogP contribution in [0.15, 0.2) is 0 Å². The highest BCUT2D eigenvalue weighted by atomic mass is 32.2. The van der Waals surface area contributed by atoms with Crippen molar-refractivity contribution in [3.8, 4) is 0 Å². The van der Waals surface area contributed by atoms with Crippen molar-refractivity contribution in [1.29, 1.82) is 0 Å². The van der Waals surface area contributed by atoms with Crippen LogP contribution in [0.2, 0.25) is 0 Å². The van der Waals surface area contributed by atoms with Crippen LogP contribution in [-0.2, 0) is 14.6 Å². The lowest BCUT2D eigenvalue weighted by molar-refractivity contribution is -0.129. The van der Waals surface area contributed by atoms with E-state index in [2.05, 4.69) is 5.32 Å². The molecule has 1 rings (SSSR count). The van der Waals surface area contributed by atoms with Gasteiger partial charge in [0.05, 0.1) is 18.5 Å². The predicted molar refractivity (Wildman–Crippen MR) is 62.7 cm³/mol. The van der Waals surface area contributed by atoms with Gasteiger partial charge in [0.2, 0.25) is 5.91 Å². The van der Waals surface area contributed by atoms with Gasteiger partial charge in [-0.15, -0.1) is 0 Å². The molecule has 0 saturated carbocycles. The number of nitrogens with zero attached hydrogens (tertiary/aromatic N) is 1. The molecule has 5 nitrogen and oxygen atoms in total. The van der Waals surface area contributed by atoms with Gasteiger partial charge in [-0.1, -0.05) is 13.8 Å². The van der Waals surface area contributed by atoms with E-state index in [0.29, 0.717) is 19.6 Å². The average molecular weight is 248 g/mol. The minimum absolute atomic E-state index is 0.0866. The third-order valence-corrected chi connectivity index (χ3v) is 3.72. The summed E-state index contributed by atoms with van der Waals surface area (Å²) in [7, 11) is -2.92. The standard InChI is InChI=1S/C10H20N2O3S/c1-8(2)9-10(13)12(7-11-9)5-4-6-16(3,14)15/h8-9,11H,4-7H2,1-3H3. The van der Waals surface area contributed by atoms with Crippen molar-refractivity contribution in [2.45, 2.75) is 26.3 Å². The zero-order valence-electron chi connectivity index (χ0n) is 10.1. The molecule has 0 aliphatic carbocycles. The number of hydrogen-bond donors (Lipinski definition) is 1. The van der Waals surface area contributed by atoms with E-state index in [1.54, 1.807) is 4.90 Å². The first kappa shape index (κ1) is 13.4. The number of amides is 1. The normalized spacial score (nSPS) is 22.1. The van der Waals surface area contributed by atoms with Gasteiger partial charge in [-0.3, -0.25) is 10.1 Å². The zero-order valence-corrected chi connectivity index (χ0v) is 10.9. The molecule has 0 radical (unpaired) electrons. The third-order valence-electron chi connectivity index (χ3n) is 2.69. The van der Waals surface area contributed by atoms with Gasteiger partial charge in [0.15, 0.2) is 0 Å². The molecule has 16 heavy (non-hydrogen) atoms. The van der Waals surface area contributed by atoms with E-state index in [1.165, 1.54) is 6.26 Å². The Bertz CT molecular complexity index is 351. The second kappa shape index (κ2) is 5.14. The summed E-state index contributed by atoms with van der Waals surface area (Å²) in [4.78, 5) is 13.5. The van der Waals surface area contributed by atoms with E-state index in [-0.39, 0.29) is 23.6 Å². The molecule has 6 heteroatoms. The van der Waals surface area contributed by atoms with Gasteiger partial charge in [-0.2, -0.15) is 0 Å². The summed E-state index contributed by atoms with van der Waals surface area (Å²) in [6.07, 6.45) is 1.73. The van der Waals surface area contributed by atoms with Crippen molar-refractivity contribution in [2.24, 2.45) is 5.92 Å². The monoisotopic (exact) mass is 248 g/mol. The third kappa shape index (κ3) is 3.75. The summed E-state index contributed by atoms with van der Waals surface area (Å²) in [5.74, 6) is 0.499. The highest BCUT2D eigenvalue weighted by Gasteiger charge is 2.32. The van der Waals surface area contributed by atoms with Gasteiger partial charge in [-0.05, 0) is 12.3 Å². The van der Waals surface area contributed by atoms with Crippen LogP contribution in [-0.4, -0.2) is 50.5 Å². The van der Waals surface area contributed by atoms with Crippen LogP contribution in [0, 0.1) is 5.92 Å². The maximum atomic E-state index is 11.8. The Labute approximate surface area is 97.1 Å². The van der Waals surface area contributed by atoms with Crippen molar-refractivity contribution in [1.82, 2.24) is 10.2 Å². The number of hydrogen-bond acceptors (Lipinski definition) is 4. The van der Waals surface area contributed by atoms with E-state index < -0.39 is 9.84 Å². The van der Waals surface area contributed by atoms with Gasteiger partial charge in [-0.25, -0.2) is 8.42 Å². The van der Waals surface area contributed by atoms with Crippen LogP contribution < -0.4 is 5.32 Å². The smallest absolute Gasteiger partial charge is 0.241 e. The predicted octanol–water partition coefficient (Wildman–Crippen LogP) is -0.165. The van der Waals surface area contributed by atoms with Gasteiger partial charge < -0.3 is 4.90 Å². The summed E-state index contributed by atoms with van der Waals surface area (Å²) < 4.78 is 21.9.